The normalized spacial score (nSPS) is 19.0. The Bertz CT molecular complexity index is 597. The van der Waals surface area contributed by atoms with Gasteiger partial charge in [-0.05, 0) is 24.5 Å². The van der Waals surface area contributed by atoms with Crippen molar-refractivity contribution in [1.29, 1.82) is 0 Å². The van der Waals surface area contributed by atoms with Gasteiger partial charge >= 0.3 is 0 Å². The summed E-state index contributed by atoms with van der Waals surface area (Å²) < 4.78 is 0. The lowest BCUT2D eigenvalue weighted by atomic mass is 10.2. The fourth-order valence-electron chi connectivity index (χ4n) is 3.60. The van der Waals surface area contributed by atoms with Crippen LogP contribution in [0.4, 0.5) is 0 Å². The first-order valence-corrected chi connectivity index (χ1v) is 11.1. The molecule has 0 aliphatic carbocycles. The van der Waals surface area contributed by atoms with Gasteiger partial charge < -0.3 is 9.80 Å². The number of rotatable bonds is 6. The molecule has 0 unspecified atom stereocenters. The van der Waals surface area contributed by atoms with Crippen LogP contribution in [0, 0.1) is 0 Å². The molecular formula is C20H30N4O2S. The van der Waals surface area contributed by atoms with Gasteiger partial charge in [0.25, 0.3) is 0 Å². The van der Waals surface area contributed by atoms with Crippen molar-refractivity contribution in [3.63, 3.8) is 0 Å². The average molecular weight is 391 g/mol. The summed E-state index contributed by atoms with van der Waals surface area (Å²) in [6.07, 6.45) is 8.34. The van der Waals surface area contributed by atoms with Crippen molar-refractivity contribution >= 4 is 23.6 Å². The minimum atomic E-state index is 0.197. The van der Waals surface area contributed by atoms with E-state index < -0.39 is 0 Å². The fourth-order valence-corrected chi connectivity index (χ4v) is 4.46. The highest BCUT2D eigenvalue weighted by Crippen LogP contribution is 2.13. The number of pyridine rings is 1. The predicted molar refractivity (Wildman–Crippen MR) is 108 cm³/mol. The van der Waals surface area contributed by atoms with Crippen LogP contribution in [0.2, 0.25) is 0 Å². The van der Waals surface area contributed by atoms with Gasteiger partial charge in [0.1, 0.15) is 0 Å². The van der Waals surface area contributed by atoms with Crippen molar-refractivity contribution in [1.82, 2.24) is 19.7 Å². The highest BCUT2D eigenvalue weighted by Gasteiger charge is 2.24. The number of hydrogen-bond donors (Lipinski definition) is 0. The molecule has 3 heterocycles. The van der Waals surface area contributed by atoms with E-state index >= 15 is 0 Å². The Kier molecular flexibility index (Phi) is 7.95. The van der Waals surface area contributed by atoms with Gasteiger partial charge in [-0.1, -0.05) is 18.9 Å². The van der Waals surface area contributed by atoms with Crippen LogP contribution in [-0.2, 0) is 15.3 Å². The van der Waals surface area contributed by atoms with E-state index in [4.69, 9.17) is 0 Å². The average Bonchev–Trinajstić information content (AvgIpc) is 2.99. The smallest absolute Gasteiger partial charge is 0.236 e. The van der Waals surface area contributed by atoms with Gasteiger partial charge in [0.15, 0.2) is 0 Å². The van der Waals surface area contributed by atoms with E-state index in [9.17, 15) is 9.59 Å². The summed E-state index contributed by atoms with van der Waals surface area (Å²) in [7, 11) is 0. The minimum absolute atomic E-state index is 0.197. The number of likely N-dealkylation sites (tertiary alicyclic amines) is 1. The molecule has 148 valence electrons. The first kappa shape index (κ1) is 20.1. The van der Waals surface area contributed by atoms with Crippen LogP contribution in [0.3, 0.4) is 0 Å². The van der Waals surface area contributed by atoms with Gasteiger partial charge in [-0.2, -0.15) is 0 Å². The third-order valence-electron chi connectivity index (χ3n) is 5.26. The Morgan fingerprint density at radius 1 is 0.926 bits per heavy atom. The van der Waals surface area contributed by atoms with Gasteiger partial charge in [0.05, 0.1) is 12.3 Å². The van der Waals surface area contributed by atoms with Gasteiger partial charge in [-0.15, -0.1) is 11.8 Å². The van der Waals surface area contributed by atoms with Crippen molar-refractivity contribution < 1.29 is 9.59 Å². The number of thioether (sulfide) groups is 1. The van der Waals surface area contributed by atoms with Gasteiger partial charge in [-0.3, -0.25) is 19.5 Å². The quantitative estimate of drug-likeness (QED) is 0.742. The zero-order valence-corrected chi connectivity index (χ0v) is 16.8. The Morgan fingerprint density at radius 2 is 1.63 bits per heavy atom. The van der Waals surface area contributed by atoms with E-state index in [2.05, 4.69) is 9.88 Å². The summed E-state index contributed by atoms with van der Waals surface area (Å²) in [5.74, 6) is 1.76. The fraction of sp³-hybridized carbons (Fsp3) is 0.650. The first-order chi connectivity index (χ1) is 13.2. The maximum absolute atomic E-state index is 12.5. The summed E-state index contributed by atoms with van der Waals surface area (Å²) >= 11 is 1.63. The SMILES string of the molecule is O=C(CSCc1cccnc1)N1CCN(CC(=O)N2CCCCCC2)CC1. The topological polar surface area (TPSA) is 56.8 Å². The zero-order chi connectivity index (χ0) is 18.9. The van der Waals surface area contributed by atoms with Crippen LogP contribution in [0.15, 0.2) is 24.5 Å². The molecule has 0 atom stereocenters. The summed E-state index contributed by atoms with van der Waals surface area (Å²) in [6.45, 7) is 5.34. The maximum Gasteiger partial charge on any atom is 0.236 e. The van der Waals surface area contributed by atoms with E-state index in [0.29, 0.717) is 12.3 Å². The molecule has 6 nitrogen and oxygen atoms in total. The lowest BCUT2D eigenvalue weighted by Gasteiger charge is -2.35. The van der Waals surface area contributed by atoms with Crippen molar-refractivity contribution in [3.8, 4) is 0 Å². The van der Waals surface area contributed by atoms with Crippen LogP contribution in [0.25, 0.3) is 0 Å². The van der Waals surface area contributed by atoms with Gasteiger partial charge in [0.2, 0.25) is 11.8 Å². The van der Waals surface area contributed by atoms with Crippen LogP contribution < -0.4 is 0 Å². The van der Waals surface area contributed by atoms with E-state index in [-0.39, 0.29) is 11.8 Å². The Morgan fingerprint density at radius 3 is 2.30 bits per heavy atom. The largest absolute Gasteiger partial charge is 0.342 e. The second-order valence-electron chi connectivity index (χ2n) is 7.31. The summed E-state index contributed by atoms with van der Waals surface area (Å²) in [5.41, 5.74) is 1.15. The van der Waals surface area contributed by atoms with E-state index in [0.717, 1.165) is 63.4 Å². The minimum Gasteiger partial charge on any atom is -0.342 e. The Balaban J connectivity index is 1.34. The second kappa shape index (κ2) is 10.7. The van der Waals surface area contributed by atoms with E-state index in [1.165, 1.54) is 12.8 Å². The van der Waals surface area contributed by atoms with Crippen LogP contribution in [0.5, 0.6) is 0 Å². The van der Waals surface area contributed by atoms with Gasteiger partial charge in [0, 0.05) is 57.4 Å². The third-order valence-corrected chi connectivity index (χ3v) is 6.25. The lowest BCUT2D eigenvalue weighted by molar-refractivity contribution is -0.134. The highest BCUT2D eigenvalue weighted by atomic mass is 32.2. The molecule has 7 heteroatoms. The first-order valence-electron chi connectivity index (χ1n) is 9.97. The molecule has 3 rings (SSSR count). The van der Waals surface area contributed by atoms with E-state index in [1.807, 2.05) is 28.1 Å². The van der Waals surface area contributed by atoms with Crippen LogP contribution in [-0.4, -0.2) is 83.1 Å². The molecule has 0 N–H and O–H groups in total. The lowest BCUT2D eigenvalue weighted by Crippen LogP contribution is -2.52. The summed E-state index contributed by atoms with van der Waals surface area (Å²) in [5, 5.41) is 0. The van der Waals surface area contributed by atoms with Crippen molar-refractivity contribution in [2.45, 2.75) is 31.4 Å². The molecule has 27 heavy (non-hydrogen) atoms. The number of piperazine rings is 1. The Labute approximate surface area is 166 Å². The molecule has 0 radical (unpaired) electrons. The Hall–Kier alpha value is -1.60. The highest BCUT2D eigenvalue weighted by molar-refractivity contribution is 7.99. The third kappa shape index (κ3) is 6.50. The molecular weight excluding hydrogens is 360 g/mol. The van der Waals surface area contributed by atoms with Crippen molar-refractivity contribution in [3.05, 3.63) is 30.1 Å². The van der Waals surface area contributed by atoms with Crippen LogP contribution >= 0.6 is 11.8 Å². The molecule has 1 aromatic rings. The standard InChI is InChI=1S/C20H30N4O2S/c25-19(23-8-3-1-2-4-9-23)15-22-10-12-24(13-11-22)20(26)17-27-16-18-6-5-7-21-14-18/h5-7,14H,1-4,8-13,15-17H2. The second-order valence-corrected chi connectivity index (χ2v) is 8.29. The van der Waals surface area contributed by atoms with Gasteiger partial charge in [-0.25, -0.2) is 0 Å². The predicted octanol–water partition coefficient (Wildman–Crippen LogP) is 1.86. The number of nitrogens with zero attached hydrogens (tertiary/aromatic N) is 4. The molecule has 2 amide bonds. The number of hydrogen-bond acceptors (Lipinski definition) is 5. The number of aromatic nitrogens is 1. The molecule has 0 aromatic carbocycles. The number of amides is 2. The maximum atomic E-state index is 12.5. The molecule has 0 bridgehead atoms. The molecule has 0 saturated carbocycles. The summed E-state index contributed by atoms with van der Waals surface area (Å²) in [6, 6.07) is 3.95. The van der Waals surface area contributed by atoms with Crippen LogP contribution in [0.1, 0.15) is 31.2 Å². The summed E-state index contributed by atoms with van der Waals surface area (Å²) in [4.78, 5) is 35.2. The van der Waals surface area contributed by atoms with Crippen molar-refractivity contribution in [2.75, 3.05) is 51.6 Å². The zero-order valence-electron chi connectivity index (χ0n) is 16.0. The molecule has 2 aliphatic heterocycles. The molecule has 2 aliphatic rings. The molecule has 2 fully saturated rings. The number of carbonyl (C=O) groups excluding carboxylic acids is 2. The molecule has 0 spiro atoms. The van der Waals surface area contributed by atoms with Crippen molar-refractivity contribution in [2.24, 2.45) is 0 Å². The molecule has 2 saturated heterocycles. The number of carbonyl (C=O) groups is 2. The van der Waals surface area contributed by atoms with E-state index in [1.54, 1.807) is 18.0 Å². The molecule has 1 aromatic heterocycles. The monoisotopic (exact) mass is 390 g/mol.